The molecule has 29 heavy (non-hydrogen) atoms. The predicted molar refractivity (Wildman–Crippen MR) is 112 cm³/mol. The third kappa shape index (κ3) is 6.05. The van der Waals surface area contributed by atoms with Gasteiger partial charge < -0.3 is 5.32 Å². The van der Waals surface area contributed by atoms with Crippen LogP contribution in [0, 0.1) is 0 Å². The fraction of sp³-hybridized carbons (Fsp3) is 0.286. The van der Waals surface area contributed by atoms with Crippen LogP contribution in [0.4, 0.5) is 11.5 Å². The Morgan fingerprint density at radius 1 is 1.03 bits per heavy atom. The van der Waals surface area contributed by atoms with Crippen LogP contribution in [0.5, 0.6) is 0 Å². The Balaban J connectivity index is 1.66. The van der Waals surface area contributed by atoms with Gasteiger partial charge in [0.1, 0.15) is 17.7 Å². The van der Waals surface area contributed by atoms with E-state index in [0.29, 0.717) is 17.2 Å². The Morgan fingerprint density at radius 3 is 2.72 bits per heavy atom. The molecule has 0 unspecified atom stereocenters. The zero-order chi connectivity index (χ0) is 20.3. The average Bonchev–Trinajstić information content (AvgIpc) is 2.77. The lowest BCUT2D eigenvalue weighted by molar-refractivity contribution is 0.0933. The first-order valence-electron chi connectivity index (χ1n) is 9.75. The lowest BCUT2D eigenvalue weighted by Gasteiger charge is -2.12. The van der Waals surface area contributed by atoms with E-state index in [4.69, 9.17) is 0 Å². The third-order valence-electron chi connectivity index (χ3n) is 4.26. The van der Waals surface area contributed by atoms with E-state index >= 15 is 0 Å². The van der Waals surface area contributed by atoms with Crippen molar-refractivity contribution in [2.45, 2.75) is 32.6 Å². The lowest BCUT2D eigenvalue weighted by Crippen LogP contribution is -2.38. The van der Waals surface area contributed by atoms with Gasteiger partial charge in [0, 0.05) is 36.4 Å². The van der Waals surface area contributed by atoms with Gasteiger partial charge in [-0.2, -0.15) is 0 Å². The number of hydrogen-bond acceptors (Lipinski definition) is 7. The molecule has 0 aliphatic heterocycles. The lowest BCUT2D eigenvalue weighted by atomic mass is 10.2. The fourth-order valence-electron chi connectivity index (χ4n) is 2.77. The number of benzene rings is 1. The summed E-state index contributed by atoms with van der Waals surface area (Å²) >= 11 is 0. The van der Waals surface area contributed by atoms with Crippen LogP contribution in [0.2, 0.25) is 0 Å². The second kappa shape index (κ2) is 10.8. The molecule has 0 aliphatic carbocycles. The molecule has 1 aromatic carbocycles. The van der Waals surface area contributed by atoms with Crippen molar-refractivity contribution in [2.75, 3.05) is 11.9 Å². The number of aromatic nitrogens is 4. The van der Waals surface area contributed by atoms with Gasteiger partial charge in [0.15, 0.2) is 5.82 Å². The molecule has 0 aliphatic rings. The summed E-state index contributed by atoms with van der Waals surface area (Å²) in [6, 6.07) is 9.39. The van der Waals surface area contributed by atoms with Crippen LogP contribution in [-0.2, 0) is 0 Å². The van der Waals surface area contributed by atoms with Crippen molar-refractivity contribution in [3.05, 3.63) is 60.8 Å². The van der Waals surface area contributed by atoms with E-state index in [1.54, 1.807) is 18.5 Å². The highest BCUT2D eigenvalue weighted by molar-refractivity contribution is 5.98. The number of hydrogen-bond donors (Lipinski definition) is 3. The zero-order valence-corrected chi connectivity index (χ0v) is 16.4. The van der Waals surface area contributed by atoms with Gasteiger partial charge in [0.2, 0.25) is 0 Å². The van der Waals surface area contributed by atoms with Gasteiger partial charge in [0.05, 0.1) is 0 Å². The van der Waals surface area contributed by atoms with Crippen molar-refractivity contribution in [2.24, 2.45) is 0 Å². The largest absolute Gasteiger partial charge is 0.339 e. The number of nitrogens with one attached hydrogen (secondary N) is 3. The number of unbranched alkanes of at least 4 members (excludes halogenated alkanes) is 3. The minimum atomic E-state index is -0.286. The molecule has 2 heterocycles. The molecule has 8 nitrogen and oxygen atoms in total. The Hall–Kier alpha value is -3.39. The highest BCUT2D eigenvalue weighted by atomic mass is 16.2. The standard InChI is InChI=1S/C21H25N7O/c1-2-3-4-5-12-26-28-21(29)18-14-22-15-25-20(18)27-17-9-6-8-16(13-17)19-23-10-7-11-24-19/h6-11,13-15,26H,2-5,12H2,1H3,(H,28,29)(H,22,25,27). The van der Waals surface area contributed by atoms with Crippen LogP contribution in [0.3, 0.4) is 0 Å². The molecule has 3 N–H and O–H groups in total. The second-order valence-electron chi connectivity index (χ2n) is 6.50. The van der Waals surface area contributed by atoms with Crippen LogP contribution in [-0.4, -0.2) is 32.4 Å². The maximum absolute atomic E-state index is 12.5. The molecular weight excluding hydrogens is 366 g/mol. The summed E-state index contributed by atoms with van der Waals surface area (Å²) in [5.74, 6) is 0.770. The number of nitrogens with zero attached hydrogens (tertiary/aromatic N) is 4. The minimum absolute atomic E-state index is 0.286. The highest BCUT2D eigenvalue weighted by Crippen LogP contribution is 2.22. The van der Waals surface area contributed by atoms with Crippen LogP contribution < -0.4 is 16.2 Å². The molecule has 8 heteroatoms. The average molecular weight is 391 g/mol. The molecule has 0 spiro atoms. The van der Waals surface area contributed by atoms with Gasteiger partial charge in [0.25, 0.3) is 5.91 Å². The van der Waals surface area contributed by atoms with Gasteiger partial charge in [-0.1, -0.05) is 38.3 Å². The number of amides is 1. The quantitative estimate of drug-likeness (QED) is 0.359. The van der Waals surface area contributed by atoms with Crippen molar-refractivity contribution in [3.63, 3.8) is 0 Å². The normalized spacial score (nSPS) is 10.5. The number of hydrazine groups is 1. The number of carbonyl (C=O) groups excluding carboxylic acids is 1. The fourth-order valence-corrected chi connectivity index (χ4v) is 2.77. The first kappa shape index (κ1) is 20.3. The van der Waals surface area contributed by atoms with E-state index in [1.165, 1.54) is 25.4 Å². The molecule has 3 aromatic rings. The minimum Gasteiger partial charge on any atom is -0.339 e. The molecule has 0 bridgehead atoms. The van der Waals surface area contributed by atoms with Crippen LogP contribution in [0.15, 0.2) is 55.2 Å². The van der Waals surface area contributed by atoms with E-state index < -0.39 is 0 Å². The molecule has 0 saturated heterocycles. The Kier molecular flexibility index (Phi) is 7.59. The second-order valence-corrected chi connectivity index (χ2v) is 6.50. The molecular formula is C21H25N7O. The first-order chi connectivity index (χ1) is 14.3. The van der Waals surface area contributed by atoms with Gasteiger partial charge in [-0.3, -0.25) is 10.2 Å². The number of anilines is 2. The third-order valence-corrected chi connectivity index (χ3v) is 4.26. The molecule has 0 atom stereocenters. The van der Waals surface area contributed by atoms with Crippen LogP contribution in [0.25, 0.3) is 11.4 Å². The van der Waals surface area contributed by atoms with E-state index in [1.807, 2.05) is 24.3 Å². The summed E-state index contributed by atoms with van der Waals surface area (Å²) in [6.45, 7) is 2.89. The summed E-state index contributed by atoms with van der Waals surface area (Å²) in [4.78, 5) is 29.3. The maximum atomic E-state index is 12.5. The zero-order valence-electron chi connectivity index (χ0n) is 16.4. The van der Waals surface area contributed by atoms with Crippen LogP contribution in [0.1, 0.15) is 43.0 Å². The van der Waals surface area contributed by atoms with Gasteiger partial charge in [-0.05, 0) is 24.6 Å². The Labute approximate surface area is 170 Å². The molecule has 0 radical (unpaired) electrons. The summed E-state index contributed by atoms with van der Waals surface area (Å²) in [5.41, 5.74) is 7.67. The molecule has 1 amide bonds. The van der Waals surface area contributed by atoms with Crippen molar-refractivity contribution in [1.29, 1.82) is 0 Å². The van der Waals surface area contributed by atoms with E-state index in [-0.39, 0.29) is 5.91 Å². The predicted octanol–water partition coefficient (Wildman–Crippen LogP) is 3.49. The molecule has 150 valence electrons. The van der Waals surface area contributed by atoms with Crippen molar-refractivity contribution in [3.8, 4) is 11.4 Å². The molecule has 0 fully saturated rings. The summed E-state index contributed by atoms with van der Waals surface area (Å²) < 4.78 is 0. The van der Waals surface area contributed by atoms with Gasteiger partial charge in [-0.25, -0.2) is 25.4 Å². The SMILES string of the molecule is CCCCCCNNC(=O)c1cncnc1Nc1cccc(-c2ncccn2)c1. The molecule has 3 rings (SSSR count). The molecule has 0 saturated carbocycles. The topological polar surface area (TPSA) is 105 Å². The smallest absolute Gasteiger partial charge is 0.270 e. The van der Waals surface area contributed by atoms with E-state index in [0.717, 1.165) is 30.6 Å². The maximum Gasteiger partial charge on any atom is 0.270 e. The summed E-state index contributed by atoms with van der Waals surface area (Å²) in [5, 5.41) is 3.19. The van der Waals surface area contributed by atoms with E-state index in [2.05, 4.69) is 43.0 Å². The summed E-state index contributed by atoms with van der Waals surface area (Å²) in [6.07, 6.45) is 10.8. The van der Waals surface area contributed by atoms with Crippen molar-refractivity contribution < 1.29 is 4.79 Å². The van der Waals surface area contributed by atoms with Gasteiger partial charge >= 0.3 is 0 Å². The van der Waals surface area contributed by atoms with Gasteiger partial charge in [-0.15, -0.1) is 0 Å². The van der Waals surface area contributed by atoms with Crippen molar-refractivity contribution in [1.82, 2.24) is 30.8 Å². The first-order valence-corrected chi connectivity index (χ1v) is 9.75. The Morgan fingerprint density at radius 2 is 1.90 bits per heavy atom. The number of carbonyl (C=O) groups is 1. The molecule has 2 aromatic heterocycles. The van der Waals surface area contributed by atoms with Crippen molar-refractivity contribution >= 4 is 17.4 Å². The Bertz CT molecular complexity index is 918. The monoisotopic (exact) mass is 391 g/mol. The highest BCUT2D eigenvalue weighted by Gasteiger charge is 2.13. The summed E-state index contributed by atoms with van der Waals surface area (Å²) in [7, 11) is 0. The van der Waals surface area contributed by atoms with Crippen LogP contribution >= 0.6 is 0 Å². The van der Waals surface area contributed by atoms with E-state index in [9.17, 15) is 4.79 Å². The number of rotatable bonds is 10.